The smallest absolute Gasteiger partial charge is 0.221 e. The molecule has 1 fully saturated rings. The number of carbonyl (C=O) groups is 1. The highest BCUT2D eigenvalue weighted by Crippen LogP contribution is 2.25. The van der Waals surface area contributed by atoms with Gasteiger partial charge in [0.25, 0.3) is 0 Å². The first-order valence-corrected chi connectivity index (χ1v) is 7.61. The molecule has 0 bridgehead atoms. The number of amides is 1. The molecule has 0 aliphatic heterocycles. The fourth-order valence-electron chi connectivity index (χ4n) is 1.96. The largest absolute Gasteiger partial charge is 0.348 e. The summed E-state index contributed by atoms with van der Waals surface area (Å²) in [7, 11) is 0. The topological polar surface area (TPSA) is 41.1 Å². The van der Waals surface area contributed by atoms with Crippen molar-refractivity contribution < 1.29 is 4.79 Å². The minimum Gasteiger partial charge on any atom is -0.348 e. The van der Waals surface area contributed by atoms with Gasteiger partial charge in [-0.05, 0) is 30.2 Å². The van der Waals surface area contributed by atoms with Gasteiger partial charge in [-0.25, -0.2) is 0 Å². The zero-order chi connectivity index (χ0) is 13.0. The van der Waals surface area contributed by atoms with Gasteiger partial charge in [-0.2, -0.15) is 0 Å². The summed E-state index contributed by atoms with van der Waals surface area (Å²) in [5.41, 5.74) is 0. The van der Waals surface area contributed by atoms with Crippen LogP contribution in [0.25, 0.3) is 0 Å². The second-order valence-electron chi connectivity index (χ2n) is 5.28. The number of rotatable bonds is 7. The van der Waals surface area contributed by atoms with Crippen molar-refractivity contribution in [2.45, 2.75) is 45.2 Å². The number of carbonyl (C=O) groups excluding carboxylic acids is 1. The standard InChI is InChI=1S/C14H22N2OS/c1-10(2)14(12-4-3-9-18-12)16-13(17)7-8-15-11-5-6-11/h3-4,9-11,14-15H,5-8H2,1-2H3,(H,16,17). The average Bonchev–Trinajstić information content (AvgIpc) is 2.99. The van der Waals surface area contributed by atoms with Crippen LogP contribution >= 0.6 is 11.3 Å². The van der Waals surface area contributed by atoms with Gasteiger partial charge in [0, 0.05) is 23.9 Å². The van der Waals surface area contributed by atoms with E-state index in [1.165, 1.54) is 17.7 Å². The van der Waals surface area contributed by atoms with Crippen molar-refractivity contribution in [1.29, 1.82) is 0 Å². The van der Waals surface area contributed by atoms with E-state index < -0.39 is 0 Å². The third-order valence-electron chi connectivity index (χ3n) is 3.20. The van der Waals surface area contributed by atoms with Gasteiger partial charge in [-0.3, -0.25) is 4.79 Å². The summed E-state index contributed by atoms with van der Waals surface area (Å²) in [5.74, 6) is 0.569. The summed E-state index contributed by atoms with van der Waals surface area (Å²) in [6.07, 6.45) is 3.11. The molecule has 2 rings (SSSR count). The highest BCUT2D eigenvalue weighted by atomic mass is 32.1. The van der Waals surface area contributed by atoms with E-state index in [-0.39, 0.29) is 11.9 Å². The Morgan fingerprint density at radius 1 is 1.50 bits per heavy atom. The Kier molecular flexibility index (Phi) is 4.78. The Labute approximate surface area is 113 Å². The van der Waals surface area contributed by atoms with Crippen LogP contribution in [0.3, 0.4) is 0 Å². The Bertz CT molecular complexity index is 371. The molecule has 1 aromatic rings. The quantitative estimate of drug-likeness (QED) is 0.796. The van der Waals surface area contributed by atoms with Crippen LogP contribution < -0.4 is 10.6 Å². The van der Waals surface area contributed by atoms with E-state index in [4.69, 9.17) is 0 Å². The van der Waals surface area contributed by atoms with Gasteiger partial charge < -0.3 is 10.6 Å². The summed E-state index contributed by atoms with van der Waals surface area (Å²) in [5, 5.41) is 8.57. The fourth-order valence-corrected chi connectivity index (χ4v) is 2.91. The normalized spacial score (nSPS) is 16.8. The Balaban J connectivity index is 1.78. The molecule has 0 radical (unpaired) electrons. The minimum absolute atomic E-state index is 0.148. The molecule has 18 heavy (non-hydrogen) atoms. The molecule has 1 amide bonds. The molecule has 1 aromatic heterocycles. The molecule has 100 valence electrons. The maximum Gasteiger partial charge on any atom is 0.221 e. The molecule has 1 saturated carbocycles. The molecule has 1 atom stereocenters. The molecule has 0 aromatic carbocycles. The van der Waals surface area contributed by atoms with Gasteiger partial charge in [0.15, 0.2) is 0 Å². The van der Waals surface area contributed by atoms with Crippen molar-refractivity contribution in [2.75, 3.05) is 6.54 Å². The maximum absolute atomic E-state index is 11.9. The number of hydrogen-bond donors (Lipinski definition) is 2. The van der Waals surface area contributed by atoms with Crippen molar-refractivity contribution in [3.8, 4) is 0 Å². The molecule has 3 nitrogen and oxygen atoms in total. The Hall–Kier alpha value is -0.870. The molecular weight excluding hydrogens is 244 g/mol. The molecular formula is C14H22N2OS. The van der Waals surface area contributed by atoms with Crippen molar-refractivity contribution in [1.82, 2.24) is 10.6 Å². The SMILES string of the molecule is CC(C)C(NC(=O)CCNC1CC1)c1cccs1. The van der Waals surface area contributed by atoms with Crippen LogP contribution in [-0.2, 0) is 4.79 Å². The van der Waals surface area contributed by atoms with Crippen LogP contribution in [0.2, 0.25) is 0 Å². The van der Waals surface area contributed by atoms with Crippen LogP contribution in [0.15, 0.2) is 17.5 Å². The monoisotopic (exact) mass is 266 g/mol. The van der Waals surface area contributed by atoms with E-state index in [0.29, 0.717) is 18.4 Å². The van der Waals surface area contributed by atoms with E-state index in [1.807, 2.05) is 6.07 Å². The lowest BCUT2D eigenvalue weighted by Gasteiger charge is -2.21. The third-order valence-corrected chi connectivity index (χ3v) is 4.15. The first kappa shape index (κ1) is 13.6. The van der Waals surface area contributed by atoms with E-state index >= 15 is 0 Å². The zero-order valence-corrected chi connectivity index (χ0v) is 11.9. The summed E-state index contributed by atoms with van der Waals surface area (Å²) in [6.45, 7) is 5.09. The molecule has 1 aliphatic rings. The average molecular weight is 266 g/mol. The van der Waals surface area contributed by atoms with E-state index in [9.17, 15) is 4.79 Å². The van der Waals surface area contributed by atoms with Crippen LogP contribution in [-0.4, -0.2) is 18.5 Å². The summed E-state index contributed by atoms with van der Waals surface area (Å²) in [6, 6.07) is 4.96. The number of hydrogen-bond acceptors (Lipinski definition) is 3. The van der Waals surface area contributed by atoms with Crippen molar-refractivity contribution in [3.63, 3.8) is 0 Å². The predicted octanol–water partition coefficient (Wildman–Crippen LogP) is 2.70. The van der Waals surface area contributed by atoms with Gasteiger partial charge in [0.2, 0.25) is 5.91 Å². The van der Waals surface area contributed by atoms with Gasteiger partial charge in [0.05, 0.1) is 6.04 Å². The van der Waals surface area contributed by atoms with E-state index in [1.54, 1.807) is 11.3 Å². The minimum atomic E-state index is 0.148. The molecule has 1 heterocycles. The molecule has 1 unspecified atom stereocenters. The predicted molar refractivity (Wildman–Crippen MR) is 75.7 cm³/mol. The molecule has 2 N–H and O–H groups in total. The van der Waals surface area contributed by atoms with Gasteiger partial charge in [-0.15, -0.1) is 11.3 Å². The Morgan fingerprint density at radius 2 is 2.28 bits per heavy atom. The second kappa shape index (κ2) is 6.34. The molecule has 4 heteroatoms. The third kappa shape index (κ3) is 4.10. The lowest BCUT2D eigenvalue weighted by atomic mass is 10.0. The van der Waals surface area contributed by atoms with Crippen LogP contribution in [0.5, 0.6) is 0 Å². The molecule has 1 aliphatic carbocycles. The molecule has 0 spiro atoms. The van der Waals surface area contributed by atoms with E-state index in [0.717, 1.165) is 6.54 Å². The maximum atomic E-state index is 11.9. The number of thiophene rings is 1. The Morgan fingerprint density at radius 3 is 2.83 bits per heavy atom. The first-order chi connectivity index (χ1) is 8.66. The number of nitrogens with one attached hydrogen (secondary N) is 2. The van der Waals surface area contributed by atoms with E-state index in [2.05, 4.69) is 35.9 Å². The summed E-state index contributed by atoms with van der Waals surface area (Å²) in [4.78, 5) is 13.2. The van der Waals surface area contributed by atoms with Crippen molar-refractivity contribution >= 4 is 17.2 Å². The zero-order valence-electron chi connectivity index (χ0n) is 11.1. The first-order valence-electron chi connectivity index (χ1n) is 6.73. The van der Waals surface area contributed by atoms with Crippen molar-refractivity contribution in [3.05, 3.63) is 22.4 Å². The van der Waals surface area contributed by atoms with Crippen molar-refractivity contribution in [2.24, 2.45) is 5.92 Å². The van der Waals surface area contributed by atoms with Gasteiger partial charge in [-0.1, -0.05) is 19.9 Å². The van der Waals surface area contributed by atoms with Crippen LogP contribution in [0.4, 0.5) is 0 Å². The highest BCUT2D eigenvalue weighted by molar-refractivity contribution is 7.10. The molecule has 0 saturated heterocycles. The van der Waals surface area contributed by atoms with Gasteiger partial charge >= 0.3 is 0 Å². The fraction of sp³-hybridized carbons (Fsp3) is 0.643. The summed E-state index contributed by atoms with van der Waals surface area (Å²) >= 11 is 1.71. The second-order valence-corrected chi connectivity index (χ2v) is 6.26. The van der Waals surface area contributed by atoms with Crippen LogP contribution in [0.1, 0.15) is 44.0 Å². The van der Waals surface area contributed by atoms with Crippen LogP contribution in [0, 0.1) is 5.92 Å². The highest BCUT2D eigenvalue weighted by Gasteiger charge is 2.21. The van der Waals surface area contributed by atoms with Gasteiger partial charge in [0.1, 0.15) is 0 Å². The summed E-state index contributed by atoms with van der Waals surface area (Å²) < 4.78 is 0. The lowest BCUT2D eigenvalue weighted by molar-refractivity contribution is -0.122. The lowest BCUT2D eigenvalue weighted by Crippen LogP contribution is -2.33.